The average Bonchev–Trinajstić information content (AvgIpc) is 2.88. The molecule has 0 unspecified atom stereocenters. The Morgan fingerprint density at radius 3 is 1.71 bits per heavy atom. The molecule has 0 aliphatic heterocycles. The van der Waals surface area contributed by atoms with Crippen molar-refractivity contribution < 1.29 is 73.0 Å². The number of allylic oxidation sites excluding steroid dienone is 2. The molecule has 0 saturated carbocycles. The molecule has 7 heteroatoms. The number of benzene rings is 4. The van der Waals surface area contributed by atoms with Crippen LogP contribution < -0.4 is 9.47 Å². The molecule has 0 bridgehead atoms. The van der Waals surface area contributed by atoms with E-state index in [1.165, 1.54) is 13.0 Å². The molecule has 0 atom stereocenters. The van der Waals surface area contributed by atoms with E-state index in [1.54, 1.807) is 68.8 Å². The summed E-state index contributed by atoms with van der Waals surface area (Å²) in [6.45, 7) is 1.49. The molecule has 0 fully saturated rings. The largest absolute Gasteiger partial charge is 0.512 e. The molecular formula is C28H26EuO5S. The fraction of sp³-hybridized carbons (Fsp3) is 0.107. The van der Waals surface area contributed by atoms with Crippen molar-refractivity contribution in [1.82, 2.24) is 0 Å². The predicted molar refractivity (Wildman–Crippen MR) is 135 cm³/mol. The van der Waals surface area contributed by atoms with Crippen molar-refractivity contribution in [3.8, 4) is 11.5 Å². The molecule has 0 aromatic heterocycles. The molecule has 0 aliphatic carbocycles. The summed E-state index contributed by atoms with van der Waals surface area (Å²) in [5, 5.41) is 11.2. The number of rotatable bonds is 6. The third kappa shape index (κ3) is 8.39. The maximum absolute atomic E-state index is 12.3. The van der Waals surface area contributed by atoms with E-state index in [2.05, 4.69) is 0 Å². The molecule has 0 amide bonds. The van der Waals surface area contributed by atoms with E-state index >= 15 is 0 Å². The molecule has 35 heavy (non-hydrogen) atoms. The summed E-state index contributed by atoms with van der Waals surface area (Å²) in [7, 11) is 2.03. The summed E-state index contributed by atoms with van der Waals surface area (Å²) < 4.78 is 22.4. The molecule has 4 aromatic carbocycles. The summed E-state index contributed by atoms with van der Waals surface area (Å²) in [6.07, 6.45) is 1.23. The Balaban J connectivity index is 0.000000241. The number of aliphatic hydroxyl groups is 1. The second-order valence-electron chi connectivity index (χ2n) is 7.33. The minimum Gasteiger partial charge on any atom is -0.512 e. The predicted octanol–water partition coefficient (Wildman–Crippen LogP) is 6.35. The molecule has 0 saturated heterocycles. The number of carbonyl (C=O) groups excluding carboxylic acids is 1. The number of hydrogen-bond acceptors (Lipinski definition) is 5. The summed E-state index contributed by atoms with van der Waals surface area (Å²) in [6, 6.07) is 27.8. The van der Waals surface area contributed by atoms with Gasteiger partial charge in [-0.3, -0.25) is 4.79 Å². The van der Waals surface area contributed by atoms with E-state index < -0.39 is 10.8 Å². The van der Waals surface area contributed by atoms with Crippen molar-refractivity contribution >= 4 is 27.4 Å². The zero-order chi connectivity index (χ0) is 24.5. The van der Waals surface area contributed by atoms with E-state index in [4.69, 9.17) is 14.6 Å². The summed E-state index contributed by atoms with van der Waals surface area (Å²) >= 11 is 0. The van der Waals surface area contributed by atoms with Gasteiger partial charge >= 0.3 is 0 Å². The van der Waals surface area contributed by atoms with Crippen LogP contribution in [0.4, 0.5) is 0 Å². The minimum atomic E-state index is -1.18. The van der Waals surface area contributed by atoms with E-state index in [9.17, 15) is 9.00 Å². The van der Waals surface area contributed by atoms with Crippen LogP contribution in [0.15, 0.2) is 113 Å². The Labute approximate surface area is 248 Å². The number of ether oxygens (including phenoxy) is 2. The second kappa shape index (κ2) is 14.3. The van der Waals surface area contributed by atoms with Gasteiger partial charge in [-0.2, -0.15) is 0 Å². The van der Waals surface area contributed by atoms with Gasteiger partial charge in [0.1, 0.15) is 11.5 Å². The van der Waals surface area contributed by atoms with Gasteiger partial charge in [-0.25, -0.2) is 4.21 Å². The van der Waals surface area contributed by atoms with Gasteiger partial charge in [0.2, 0.25) is 0 Å². The van der Waals surface area contributed by atoms with E-state index in [0.717, 1.165) is 32.1 Å². The average molecular weight is 627 g/mol. The van der Waals surface area contributed by atoms with E-state index in [1.807, 2.05) is 36.4 Å². The van der Waals surface area contributed by atoms with Crippen molar-refractivity contribution in [2.24, 2.45) is 0 Å². The zero-order valence-corrected chi connectivity index (χ0v) is 22.8. The molecule has 1 N–H and O–H groups in total. The SMILES string of the molecule is C/C(O)=C/C(=O)c1ccc2ccccc2c1.COc1ccc(S(=O)c2ccc(OC)cc2)cc1.[Eu]. The number of methoxy groups -OCH3 is 2. The van der Waals surface area contributed by atoms with Crippen LogP contribution in [0.25, 0.3) is 10.8 Å². The number of carbonyl (C=O) groups is 1. The van der Waals surface area contributed by atoms with Gasteiger partial charge in [0.15, 0.2) is 5.78 Å². The topological polar surface area (TPSA) is 72.8 Å². The maximum atomic E-state index is 12.3. The van der Waals surface area contributed by atoms with Gasteiger partial charge in [0.05, 0.1) is 30.8 Å². The Morgan fingerprint density at radius 2 is 1.26 bits per heavy atom. The number of aliphatic hydroxyl groups excluding tert-OH is 1. The third-order valence-corrected chi connectivity index (χ3v) is 6.32. The summed E-state index contributed by atoms with van der Waals surface area (Å²) in [4.78, 5) is 13.2. The second-order valence-corrected chi connectivity index (χ2v) is 8.81. The zero-order valence-electron chi connectivity index (χ0n) is 19.6. The number of ketones is 1. The Kier molecular flexibility index (Phi) is 11.8. The molecule has 0 heterocycles. The molecular weight excluding hydrogens is 600 g/mol. The van der Waals surface area contributed by atoms with E-state index in [0.29, 0.717) is 5.56 Å². The van der Waals surface area contributed by atoms with Gasteiger partial charge < -0.3 is 14.6 Å². The van der Waals surface area contributed by atoms with Crippen LogP contribution in [0.2, 0.25) is 0 Å². The maximum Gasteiger partial charge on any atom is 0.189 e. The van der Waals surface area contributed by atoms with Crippen LogP contribution in [0.3, 0.4) is 0 Å². The molecule has 4 aromatic rings. The van der Waals surface area contributed by atoms with Gasteiger partial charge in [0, 0.05) is 70.8 Å². The molecule has 1 radical (unpaired) electrons. The number of fused-ring (bicyclic) bond motifs is 1. The molecule has 0 spiro atoms. The van der Waals surface area contributed by atoms with Gasteiger partial charge in [-0.15, -0.1) is 0 Å². The monoisotopic (exact) mass is 627 g/mol. The van der Waals surface area contributed by atoms with Crippen molar-refractivity contribution in [2.45, 2.75) is 16.7 Å². The minimum absolute atomic E-state index is 0. The van der Waals surface area contributed by atoms with Crippen molar-refractivity contribution in [1.29, 1.82) is 0 Å². The van der Waals surface area contributed by atoms with Crippen LogP contribution >= 0.6 is 0 Å². The first-order valence-corrected chi connectivity index (χ1v) is 11.7. The van der Waals surface area contributed by atoms with Gasteiger partial charge in [-0.05, 0) is 72.3 Å². The Morgan fingerprint density at radius 1 is 0.771 bits per heavy atom. The first-order chi connectivity index (χ1) is 16.4. The van der Waals surface area contributed by atoms with Crippen LogP contribution in [0.1, 0.15) is 17.3 Å². The van der Waals surface area contributed by atoms with Crippen LogP contribution in [-0.2, 0) is 10.8 Å². The van der Waals surface area contributed by atoms with Crippen LogP contribution in [0.5, 0.6) is 11.5 Å². The van der Waals surface area contributed by atoms with Crippen molar-refractivity contribution in [3.05, 3.63) is 108 Å². The molecule has 5 nitrogen and oxygen atoms in total. The number of hydrogen-bond donors (Lipinski definition) is 1. The molecule has 0 aliphatic rings. The quantitative estimate of drug-likeness (QED) is 0.153. The fourth-order valence-corrected chi connectivity index (χ4v) is 4.19. The summed E-state index contributed by atoms with van der Waals surface area (Å²) in [5.41, 5.74) is 0.590. The first kappa shape index (κ1) is 28.9. The van der Waals surface area contributed by atoms with Crippen molar-refractivity contribution in [3.63, 3.8) is 0 Å². The molecule has 181 valence electrons. The van der Waals surface area contributed by atoms with Gasteiger partial charge in [0.25, 0.3) is 0 Å². The smallest absolute Gasteiger partial charge is 0.189 e. The molecule has 4 rings (SSSR count). The first-order valence-electron chi connectivity index (χ1n) is 10.5. The standard InChI is InChI=1S/C14H14O3S.C14H12O2.Eu/c1-16-11-3-7-13(8-4-11)18(15)14-9-5-12(17-2)6-10-14;1-10(15)8-14(16)13-7-6-11-4-2-3-5-12(11)9-13;/h3-10H,1-2H3;2-9,15H,1H3;/b;10-8-;. The normalized spacial score (nSPS) is 10.7. The third-order valence-electron chi connectivity index (χ3n) is 4.92. The van der Waals surface area contributed by atoms with Crippen molar-refractivity contribution in [2.75, 3.05) is 14.2 Å². The van der Waals surface area contributed by atoms with E-state index in [-0.39, 0.29) is 60.9 Å². The fourth-order valence-electron chi connectivity index (χ4n) is 3.15. The Bertz CT molecular complexity index is 1260. The summed E-state index contributed by atoms with van der Waals surface area (Å²) in [5.74, 6) is 1.36. The van der Waals surface area contributed by atoms with Gasteiger partial charge in [-0.1, -0.05) is 36.4 Å². The Hall–Kier alpha value is -2.32. The van der Waals surface area contributed by atoms with Crippen LogP contribution in [-0.4, -0.2) is 29.3 Å². The van der Waals surface area contributed by atoms with Crippen LogP contribution in [0, 0.1) is 49.4 Å².